The molecule has 6 nitrogen and oxygen atoms in total. The molecule has 0 bridgehead atoms. The van der Waals surface area contributed by atoms with Crippen LogP contribution in [0.4, 0.5) is 0 Å². The van der Waals surface area contributed by atoms with E-state index >= 15 is 0 Å². The summed E-state index contributed by atoms with van der Waals surface area (Å²) in [4.78, 5) is 22.3. The zero-order valence-corrected chi connectivity index (χ0v) is 13.5. The highest BCUT2D eigenvalue weighted by atomic mass is 16.5. The number of rotatable bonds is 8. The molecule has 124 valence electrons. The normalized spacial score (nSPS) is 10.9. The number of unbranched alkanes of at least 4 members (excludes halogenated alkanes) is 2. The van der Waals surface area contributed by atoms with Gasteiger partial charge in [0, 0.05) is 18.4 Å². The predicted octanol–water partition coefficient (Wildman–Crippen LogP) is 2.75. The van der Waals surface area contributed by atoms with Gasteiger partial charge in [-0.05, 0) is 49.9 Å². The van der Waals surface area contributed by atoms with Gasteiger partial charge in [0.15, 0.2) is 5.58 Å². The van der Waals surface area contributed by atoms with Crippen molar-refractivity contribution in [2.45, 2.75) is 46.0 Å². The average molecular weight is 318 g/mol. The zero-order valence-electron chi connectivity index (χ0n) is 13.5. The largest absolute Gasteiger partial charge is 0.481 e. The molecule has 6 heteroatoms. The molecule has 0 unspecified atom stereocenters. The van der Waals surface area contributed by atoms with Crippen molar-refractivity contribution in [2.75, 3.05) is 6.54 Å². The number of hydrogen-bond donors (Lipinski definition) is 2. The van der Waals surface area contributed by atoms with E-state index in [0.717, 1.165) is 29.4 Å². The van der Waals surface area contributed by atoms with Crippen molar-refractivity contribution >= 4 is 22.8 Å². The molecule has 0 fully saturated rings. The first kappa shape index (κ1) is 17.0. The fourth-order valence-corrected chi connectivity index (χ4v) is 2.39. The van der Waals surface area contributed by atoms with Crippen molar-refractivity contribution in [1.82, 2.24) is 10.5 Å². The number of aliphatic carboxylic acids is 1. The molecular weight excluding hydrogens is 296 g/mol. The van der Waals surface area contributed by atoms with Gasteiger partial charge in [0.1, 0.15) is 5.69 Å². The highest BCUT2D eigenvalue weighted by Gasteiger charge is 2.13. The lowest BCUT2D eigenvalue weighted by molar-refractivity contribution is -0.137. The maximum Gasteiger partial charge on any atom is 0.303 e. The van der Waals surface area contributed by atoms with Crippen LogP contribution in [0.3, 0.4) is 0 Å². The standard InChI is InChI=1S/C17H22N2O4/c1-11-8-13-14(19-23-15(13)9-12(11)2)10-16(20)18-7-5-3-4-6-17(21)22/h8-9H,3-7,10H2,1-2H3,(H,18,20)(H,21,22). The first-order chi connectivity index (χ1) is 11.0. The molecule has 2 N–H and O–H groups in total. The van der Waals surface area contributed by atoms with Crippen molar-refractivity contribution < 1.29 is 19.2 Å². The number of nitrogens with zero attached hydrogens (tertiary/aromatic N) is 1. The van der Waals surface area contributed by atoms with Crippen molar-refractivity contribution in [3.63, 3.8) is 0 Å². The van der Waals surface area contributed by atoms with Gasteiger partial charge in [0.25, 0.3) is 0 Å². The topological polar surface area (TPSA) is 92.4 Å². The molecule has 0 aliphatic carbocycles. The first-order valence-corrected chi connectivity index (χ1v) is 7.81. The van der Waals surface area contributed by atoms with E-state index < -0.39 is 5.97 Å². The monoisotopic (exact) mass is 318 g/mol. The Morgan fingerprint density at radius 1 is 1.17 bits per heavy atom. The van der Waals surface area contributed by atoms with E-state index in [4.69, 9.17) is 9.63 Å². The molecule has 0 aliphatic heterocycles. The Kier molecular flexibility index (Phi) is 5.73. The second kappa shape index (κ2) is 7.76. The van der Waals surface area contributed by atoms with Crippen LogP contribution in [0.5, 0.6) is 0 Å². The van der Waals surface area contributed by atoms with E-state index in [-0.39, 0.29) is 18.7 Å². The number of carbonyl (C=O) groups excluding carboxylic acids is 1. The summed E-state index contributed by atoms with van der Waals surface area (Å²) in [7, 11) is 0. The summed E-state index contributed by atoms with van der Waals surface area (Å²) in [6.45, 7) is 4.57. The molecule has 1 aromatic carbocycles. The first-order valence-electron chi connectivity index (χ1n) is 7.81. The summed E-state index contributed by atoms with van der Waals surface area (Å²) >= 11 is 0. The highest BCUT2D eigenvalue weighted by Crippen LogP contribution is 2.22. The van der Waals surface area contributed by atoms with Crippen LogP contribution in [-0.4, -0.2) is 28.7 Å². The van der Waals surface area contributed by atoms with Gasteiger partial charge in [0.05, 0.1) is 6.42 Å². The summed E-state index contributed by atoms with van der Waals surface area (Å²) in [6, 6.07) is 3.93. The van der Waals surface area contributed by atoms with Gasteiger partial charge < -0.3 is 14.9 Å². The molecule has 1 heterocycles. The number of hydrogen-bond acceptors (Lipinski definition) is 4. The van der Waals surface area contributed by atoms with Gasteiger partial charge in [0.2, 0.25) is 5.91 Å². The van der Waals surface area contributed by atoms with Crippen LogP contribution in [0.25, 0.3) is 11.0 Å². The maximum atomic E-state index is 12.0. The Hall–Kier alpha value is -2.37. The second-order valence-corrected chi connectivity index (χ2v) is 5.79. The zero-order chi connectivity index (χ0) is 16.8. The lowest BCUT2D eigenvalue weighted by Crippen LogP contribution is -2.26. The summed E-state index contributed by atoms with van der Waals surface area (Å²) in [5.74, 6) is -0.880. The van der Waals surface area contributed by atoms with Gasteiger partial charge >= 0.3 is 5.97 Å². The smallest absolute Gasteiger partial charge is 0.303 e. The van der Waals surface area contributed by atoms with E-state index in [1.165, 1.54) is 0 Å². The van der Waals surface area contributed by atoms with Crippen molar-refractivity contribution in [2.24, 2.45) is 0 Å². The molecule has 0 saturated heterocycles. The molecular formula is C17H22N2O4. The number of carboxylic acid groups (broad SMARTS) is 1. The SMILES string of the molecule is Cc1cc2onc(CC(=O)NCCCCCC(=O)O)c2cc1C. The summed E-state index contributed by atoms with van der Waals surface area (Å²) in [6.07, 6.45) is 2.56. The number of aromatic nitrogens is 1. The Bertz CT molecular complexity index is 706. The summed E-state index contributed by atoms with van der Waals surface area (Å²) < 4.78 is 5.28. The minimum Gasteiger partial charge on any atom is -0.481 e. The highest BCUT2D eigenvalue weighted by molar-refractivity contribution is 5.87. The van der Waals surface area contributed by atoms with Crippen LogP contribution in [0.15, 0.2) is 16.7 Å². The molecule has 1 aromatic heterocycles. The van der Waals surface area contributed by atoms with Crippen molar-refractivity contribution in [1.29, 1.82) is 0 Å². The number of carboxylic acids is 1. The molecule has 1 amide bonds. The van der Waals surface area contributed by atoms with E-state index in [9.17, 15) is 9.59 Å². The molecule has 0 aliphatic rings. The number of aryl methyl sites for hydroxylation is 2. The molecule has 2 rings (SSSR count). The van der Waals surface area contributed by atoms with E-state index in [0.29, 0.717) is 24.2 Å². The molecule has 0 atom stereocenters. The Labute approximate surface area is 134 Å². The van der Waals surface area contributed by atoms with Gasteiger partial charge in [-0.25, -0.2) is 0 Å². The van der Waals surface area contributed by atoms with E-state index in [1.807, 2.05) is 26.0 Å². The third-order valence-corrected chi connectivity index (χ3v) is 3.88. The predicted molar refractivity (Wildman–Crippen MR) is 86.3 cm³/mol. The second-order valence-electron chi connectivity index (χ2n) is 5.79. The number of fused-ring (bicyclic) bond motifs is 1. The lowest BCUT2D eigenvalue weighted by atomic mass is 10.1. The maximum absolute atomic E-state index is 12.0. The number of amides is 1. The van der Waals surface area contributed by atoms with Gasteiger partial charge in [-0.3, -0.25) is 9.59 Å². The Morgan fingerprint density at radius 3 is 2.65 bits per heavy atom. The number of nitrogens with one attached hydrogen (secondary N) is 1. The minimum atomic E-state index is -0.780. The Balaban J connectivity index is 1.82. The number of benzene rings is 1. The third kappa shape index (κ3) is 4.81. The van der Waals surface area contributed by atoms with Gasteiger partial charge in [-0.15, -0.1) is 0 Å². The molecule has 0 saturated carbocycles. The summed E-state index contributed by atoms with van der Waals surface area (Å²) in [5, 5.41) is 16.2. The van der Waals surface area contributed by atoms with Crippen LogP contribution >= 0.6 is 0 Å². The van der Waals surface area contributed by atoms with Crippen molar-refractivity contribution in [3.05, 3.63) is 29.0 Å². The molecule has 2 aromatic rings. The van der Waals surface area contributed by atoms with Crippen LogP contribution in [-0.2, 0) is 16.0 Å². The van der Waals surface area contributed by atoms with Crippen LogP contribution < -0.4 is 5.32 Å². The van der Waals surface area contributed by atoms with E-state index in [1.54, 1.807) is 0 Å². The quantitative estimate of drug-likeness (QED) is 0.730. The average Bonchev–Trinajstić information content (AvgIpc) is 2.85. The number of carbonyl (C=O) groups is 2. The molecule has 0 spiro atoms. The lowest BCUT2D eigenvalue weighted by Gasteiger charge is -2.04. The van der Waals surface area contributed by atoms with Crippen LogP contribution in [0, 0.1) is 13.8 Å². The summed E-state index contributed by atoms with van der Waals surface area (Å²) in [5.41, 5.74) is 3.61. The van der Waals surface area contributed by atoms with Crippen LogP contribution in [0.2, 0.25) is 0 Å². The molecule has 23 heavy (non-hydrogen) atoms. The Morgan fingerprint density at radius 2 is 1.91 bits per heavy atom. The van der Waals surface area contributed by atoms with Gasteiger partial charge in [-0.1, -0.05) is 11.6 Å². The van der Waals surface area contributed by atoms with E-state index in [2.05, 4.69) is 10.5 Å². The minimum absolute atomic E-state index is 0.100. The third-order valence-electron chi connectivity index (χ3n) is 3.88. The fraction of sp³-hybridized carbons (Fsp3) is 0.471. The van der Waals surface area contributed by atoms with Crippen LogP contribution in [0.1, 0.15) is 42.5 Å². The van der Waals surface area contributed by atoms with Gasteiger partial charge in [-0.2, -0.15) is 0 Å². The molecule has 0 radical (unpaired) electrons. The van der Waals surface area contributed by atoms with Crippen molar-refractivity contribution in [3.8, 4) is 0 Å². The fourth-order valence-electron chi connectivity index (χ4n) is 2.39.